The van der Waals surface area contributed by atoms with Gasteiger partial charge in [-0.25, -0.2) is 4.39 Å². The second-order valence-electron chi connectivity index (χ2n) is 10.5. The Bertz CT molecular complexity index is 1440. The maximum absolute atomic E-state index is 14.7. The number of hydrogen-bond donors (Lipinski definition) is 3. The Morgan fingerprint density at radius 3 is 2.63 bits per heavy atom. The van der Waals surface area contributed by atoms with Gasteiger partial charge >= 0.3 is 6.18 Å². The number of methoxy groups -OCH3 is 1. The Morgan fingerprint density at radius 2 is 1.95 bits per heavy atom. The lowest BCUT2D eigenvalue weighted by Gasteiger charge is -2.33. The van der Waals surface area contributed by atoms with Crippen LogP contribution in [0.5, 0.6) is 5.75 Å². The molecule has 0 spiro atoms. The molecule has 3 aromatic rings. The van der Waals surface area contributed by atoms with Crippen LogP contribution in [0.2, 0.25) is 0 Å². The fourth-order valence-electron chi connectivity index (χ4n) is 4.88. The van der Waals surface area contributed by atoms with Gasteiger partial charge in [-0.1, -0.05) is 12.0 Å². The number of nitrogens with one attached hydrogen (secondary N) is 3. The molecule has 0 unspecified atom stereocenters. The van der Waals surface area contributed by atoms with E-state index >= 15 is 0 Å². The Labute approximate surface area is 237 Å². The molecule has 1 aromatic heterocycles. The predicted molar refractivity (Wildman–Crippen MR) is 153 cm³/mol. The van der Waals surface area contributed by atoms with Crippen LogP contribution < -0.4 is 20.7 Å². The summed E-state index contributed by atoms with van der Waals surface area (Å²) >= 11 is 0. The van der Waals surface area contributed by atoms with Gasteiger partial charge in [0.2, 0.25) is 0 Å². The molecule has 2 aromatic carbocycles. The highest BCUT2D eigenvalue weighted by Gasteiger charge is 2.31. The quantitative estimate of drug-likeness (QED) is 0.253. The van der Waals surface area contributed by atoms with E-state index in [-0.39, 0.29) is 24.2 Å². The lowest BCUT2D eigenvalue weighted by molar-refractivity contribution is -0.140. The number of hydrogen-bond acceptors (Lipinski definition) is 5. The van der Waals surface area contributed by atoms with Crippen molar-refractivity contribution in [1.82, 2.24) is 14.8 Å². The molecule has 0 bridgehead atoms. The van der Waals surface area contributed by atoms with Crippen molar-refractivity contribution >= 4 is 28.2 Å². The van der Waals surface area contributed by atoms with E-state index in [1.54, 1.807) is 42.5 Å². The van der Waals surface area contributed by atoms with Gasteiger partial charge in [0.25, 0.3) is 5.91 Å². The molecular weight excluding hydrogens is 538 g/mol. The number of nitrogens with zero attached hydrogens (tertiary/aromatic N) is 2. The number of alkyl halides is 4. The molecule has 41 heavy (non-hydrogen) atoms. The maximum Gasteiger partial charge on any atom is 0.406 e. The minimum Gasteiger partial charge on any atom is -0.495 e. The highest BCUT2D eigenvalue weighted by molar-refractivity contribution is 5.95. The van der Waals surface area contributed by atoms with E-state index in [1.165, 1.54) is 7.11 Å². The molecule has 1 saturated heterocycles. The summed E-state index contributed by atoms with van der Waals surface area (Å²) in [6, 6.07) is 11.1. The van der Waals surface area contributed by atoms with Gasteiger partial charge in [-0.3, -0.25) is 4.79 Å². The van der Waals surface area contributed by atoms with Crippen molar-refractivity contribution in [2.45, 2.75) is 51.2 Å². The lowest BCUT2D eigenvalue weighted by atomic mass is 10.0. The first-order chi connectivity index (χ1) is 19.4. The van der Waals surface area contributed by atoms with Crippen LogP contribution in [0.25, 0.3) is 10.9 Å². The van der Waals surface area contributed by atoms with Gasteiger partial charge in [0.1, 0.15) is 18.5 Å². The van der Waals surface area contributed by atoms with E-state index in [9.17, 15) is 22.4 Å². The summed E-state index contributed by atoms with van der Waals surface area (Å²) in [5, 5.41) is 9.69. The number of rotatable bonds is 8. The molecule has 2 atom stereocenters. The summed E-state index contributed by atoms with van der Waals surface area (Å²) in [7, 11) is 3.34. The van der Waals surface area contributed by atoms with Crippen molar-refractivity contribution in [2.24, 2.45) is 0 Å². The second kappa shape index (κ2) is 12.7. The van der Waals surface area contributed by atoms with Gasteiger partial charge in [-0.2, -0.15) is 13.2 Å². The topological polar surface area (TPSA) is 70.6 Å². The van der Waals surface area contributed by atoms with Gasteiger partial charge in [-0.05, 0) is 69.6 Å². The van der Waals surface area contributed by atoms with Gasteiger partial charge in [-0.15, -0.1) is 0 Å². The number of carbonyl (C=O) groups is 1. The fraction of sp³-hybridized carbons (Fsp3) is 0.433. The molecule has 2 heterocycles. The summed E-state index contributed by atoms with van der Waals surface area (Å²) in [4.78, 5) is 14.2. The Hall–Kier alpha value is -3.91. The first kappa shape index (κ1) is 30.1. The monoisotopic (exact) mass is 573 g/mol. The van der Waals surface area contributed by atoms with Crippen LogP contribution in [0.1, 0.15) is 36.3 Å². The summed E-state index contributed by atoms with van der Waals surface area (Å²) in [6.07, 6.45) is -4.97. The van der Waals surface area contributed by atoms with E-state index in [2.05, 4.69) is 27.8 Å². The van der Waals surface area contributed by atoms with Crippen LogP contribution in [0.3, 0.4) is 0 Å². The first-order valence-corrected chi connectivity index (χ1v) is 13.4. The number of piperidine rings is 1. The van der Waals surface area contributed by atoms with Crippen molar-refractivity contribution in [3.8, 4) is 17.6 Å². The van der Waals surface area contributed by atoms with Crippen molar-refractivity contribution in [3.63, 3.8) is 0 Å². The molecule has 0 radical (unpaired) electrons. The van der Waals surface area contributed by atoms with Crippen molar-refractivity contribution < 1.29 is 27.1 Å². The first-order valence-electron chi connectivity index (χ1n) is 13.4. The number of likely N-dealkylation sites (tertiary alicyclic amines) is 1. The molecule has 0 saturated carbocycles. The third-order valence-corrected chi connectivity index (χ3v) is 6.84. The summed E-state index contributed by atoms with van der Waals surface area (Å²) in [5.74, 6) is 5.97. The van der Waals surface area contributed by atoms with E-state index in [0.29, 0.717) is 46.6 Å². The number of benzene rings is 2. The smallest absolute Gasteiger partial charge is 0.406 e. The largest absolute Gasteiger partial charge is 0.495 e. The minimum atomic E-state index is -4.46. The van der Waals surface area contributed by atoms with Gasteiger partial charge in [0.15, 0.2) is 0 Å². The summed E-state index contributed by atoms with van der Waals surface area (Å²) in [6.45, 7) is 3.67. The van der Waals surface area contributed by atoms with Crippen molar-refractivity contribution in [1.29, 1.82) is 0 Å². The maximum atomic E-state index is 14.7. The summed E-state index contributed by atoms with van der Waals surface area (Å²) in [5.41, 5.74) is 2.16. The predicted octanol–water partition coefficient (Wildman–Crippen LogP) is 5.27. The molecule has 0 aliphatic carbocycles. The molecule has 1 fully saturated rings. The molecule has 1 amide bonds. The number of anilines is 2. The number of halogens is 4. The lowest BCUT2D eigenvalue weighted by Crippen LogP contribution is -2.46. The molecule has 11 heteroatoms. The third-order valence-electron chi connectivity index (χ3n) is 6.84. The zero-order chi connectivity index (χ0) is 29.7. The Balaban J connectivity index is 1.57. The second-order valence-corrected chi connectivity index (χ2v) is 10.5. The number of ether oxygens (including phenoxy) is 1. The van der Waals surface area contributed by atoms with E-state index in [1.807, 2.05) is 25.8 Å². The normalized spacial score (nSPS) is 17.7. The number of aromatic nitrogens is 1. The number of carbonyl (C=O) groups excluding carboxylic acids is 1. The minimum absolute atomic E-state index is 0.0174. The standard InChI is InChI=1S/C30H35F4N5O2/c1-19(2)36-29(40)20-10-11-26(28(15-20)41-4)35-13-6-7-21-16-22-24(37-25-12-14-38(3)17-23(25)31)8-5-9-27(22)39(21)18-30(32,33)34/h5,8-11,15-16,19,23,25,35,37H,12-14,17-18H2,1-4H3,(H,36,40)/t23-,25+/m0/s1. The third kappa shape index (κ3) is 7.64. The number of amides is 1. The number of fused-ring (bicyclic) bond motifs is 1. The van der Waals surface area contributed by atoms with Crippen LogP contribution in [-0.2, 0) is 6.54 Å². The molecule has 3 N–H and O–H groups in total. The van der Waals surface area contributed by atoms with Crippen LogP contribution >= 0.6 is 0 Å². The molecular formula is C30H35F4N5O2. The molecule has 1 aliphatic rings. The Kier molecular flexibility index (Phi) is 9.33. The van der Waals surface area contributed by atoms with Crippen molar-refractivity contribution in [2.75, 3.05) is 44.4 Å². The molecule has 4 rings (SSSR count). The van der Waals surface area contributed by atoms with Gasteiger partial charge < -0.3 is 30.2 Å². The Morgan fingerprint density at radius 1 is 1.17 bits per heavy atom. The highest BCUT2D eigenvalue weighted by Crippen LogP contribution is 2.32. The SMILES string of the molecule is COc1cc(C(=O)NC(C)C)ccc1NCC#Cc1cc2c(N[C@@H]3CCN(C)C[C@@H]3F)cccc2n1CC(F)(F)F. The molecule has 7 nitrogen and oxygen atoms in total. The fourth-order valence-corrected chi connectivity index (χ4v) is 4.88. The van der Waals surface area contributed by atoms with E-state index in [0.717, 1.165) is 11.1 Å². The van der Waals surface area contributed by atoms with Crippen LogP contribution in [0.15, 0.2) is 42.5 Å². The van der Waals surface area contributed by atoms with Gasteiger partial charge in [0, 0.05) is 35.8 Å². The zero-order valence-electron chi connectivity index (χ0n) is 23.5. The van der Waals surface area contributed by atoms with E-state index < -0.39 is 24.9 Å². The van der Waals surface area contributed by atoms with Crippen LogP contribution in [0.4, 0.5) is 28.9 Å². The average molecular weight is 574 g/mol. The zero-order valence-corrected chi connectivity index (χ0v) is 23.5. The molecule has 1 aliphatic heterocycles. The van der Waals surface area contributed by atoms with Crippen LogP contribution in [-0.4, -0.2) is 73.6 Å². The molecule has 220 valence electrons. The van der Waals surface area contributed by atoms with Crippen LogP contribution in [0, 0.1) is 11.8 Å². The average Bonchev–Trinajstić information content (AvgIpc) is 3.24. The van der Waals surface area contributed by atoms with Crippen molar-refractivity contribution in [3.05, 3.63) is 53.7 Å². The van der Waals surface area contributed by atoms with E-state index in [4.69, 9.17) is 4.74 Å². The summed E-state index contributed by atoms with van der Waals surface area (Å²) < 4.78 is 61.9. The van der Waals surface area contributed by atoms with Gasteiger partial charge in [0.05, 0.1) is 36.6 Å². The highest BCUT2D eigenvalue weighted by atomic mass is 19.4.